The summed E-state index contributed by atoms with van der Waals surface area (Å²) in [7, 11) is 0. The molecule has 0 spiro atoms. The molecule has 2 unspecified atom stereocenters. The Labute approximate surface area is 111 Å². The van der Waals surface area contributed by atoms with Crippen molar-refractivity contribution in [2.75, 3.05) is 0 Å². The van der Waals surface area contributed by atoms with E-state index in [1.807, 2.05) is 18.5 Å². The standard InChI is InChI=1S/C14H15N3S/c15-10-11-4-1-2-5-12(11)17-8-7-16-14(17)13-6-3-9-18-13/h3,6-9,11-12H,1-2,4-5H2. The van der Waals surface area contributed by atoms with Crippen molar-refractivity contribution in [3.05, 3.63) is 29.9 Å². The van der Waals surface area contributed by atoms with E-state index in [1.54, 1.807) is 11.3 Å². The molecule has 0 amide bonds. The van der Waals surface area contributed by atoms with Gasteiger partial charge in [-0.1, -0.05) is 18.9 Å². The first-order valence-electron chi connectivity index (χ1n) is 6.36. The van der Waals surface area contributed by atoms with Crippen LogP contribution >= 0.6 is 11.3 Å². The van der Waals surface area contributed by atoms with Crippen LogP contribution in [0.1, 0.15) is 31.7 Å². The summed E-state index contributed by atoms with van der Waals surface area (Å²) in [4.78, 5) is 5.65. The molecule has 1 aliphatic carbocycles. The number of thiophene rings is 1. The minimum atomic E-state index is 0.131. The van der Waals surface area contributed by atoms with Crippen LogP contribution in [0.4, 0.5) is 0 Å². The van der Waals surface area contributed by atoms with Gasteiger partial charge in [-0.25, -0.2) is 4.98 Å². The quantitative estimate of drug-likeness (QED) is 0.819. The maximum Gasteiger partial charge on any atom is 0.150 e. The van der Waals surface area contributed by atoms with Crippen molar-refractivity contribution in [1.82, 2.24) is 9.55 Å². The third-order valence-corrected chi connectivity index (χ3v) is 4.53. The van der Waals surface area contributed by atoms with Crippen molar-refractivity contribution < 1.29 is 0 Å². The minimum absolute atomic E-state index is 0.131. The van der Waals surface area contributed by atoms with Crippen LogP contribution in [0.2, 0.25) is 0 Å². The molecular weight excluding hydrogens is 242 g/mol. The highest BCUT2D eigenvalue weighted by Gasteiger charge is 2.28. The summed E-state index contributed by atoms with van der Waals surface area (Å²) < 4.78 is 2.21. The highest BCUT2D eigenvalue weighted by Crippen LogP contribution is 2.36. The monoisotopic (exact) mass is 257 g/mol. The Hall–Kier alpha value is -1.60. The third kappa shape index (κ3) is 1.95. The van der Waals surface area contributed by atoms with Gasteiger partial charge in [0.2, 0.25) is 0 Å². The molecule has 0 N–H and O–H groups in total. The van der Waals surface area contributed by atoms with Crippen molar-refractivity contribution in [2.24, 2.45) is 5.92 Å². The molecule has 1 aliphatic rings. The summed E-state index contributed by atoms with van der Waals surface area (Å²) >= 11 is 1.70. The summed E-state index contributed by atoms with van der Waals surface area (Å²) in [6, 6.07) is 6.90. The van der Waals surface area contributed by atoms with E-state index in [4.69, 9.17) is 0 Å². The fraction of sp³-hybridized carbons (Fsp3) is 0.429. The Morgan fingerprint density at radius 2 is 2.28 bits per heavy atom. The van der Waals surface area contributed by atoms with Gasteiger partial charge in [0, 0.05) is 12.4 Å². The molecule has 2 atom stereocenters. The molecule has 2 heterocycles. The fourth-order valence-electron chi connectivity index (χ4n) is 2.77. The van der Waals surface area contributed by atoms with Crippen molar-refractivity contribution >= 4 is 11.3 Å². The maximum absolute atomic E-state index is 9.30. The molecule has 3 rings (SSSR count). The zero-order valence-electron chi connectivity index (χ0n) is 10.1. The van der Waals surface area contributed by atoms with E-state index >= 15 is 0 Å². The Bertz CT molecular complexity index is 550. The lowest BCUT2D eigenvalue weighted by Gasteiger charge is -2.28. The zero-order valence-corrected chi connectivity index (χ0v) is 10.9. The van der Waals surface area contributed by atoms with E-state index in [0.717, 1.165) is 18.7 Å². The Morgan fingerprint density at radius 3 is 3.06 bits per heavy atom. The molecule has 2 aromatic rings. The predicted molar refractivity (Wildman–Crippen MR) is 72.1 cm³/mol. The topological polar surface area (TPSA) is 41.6 Å². The summed E-state index contributed by atoms with van der Waals surface area (Å²) in [5.74, 6) is 1.14. The molecule has 3 nitrogen and oxygen atoms in total. The van der Waals surface area contributed by atoms with Crippen LogP contribution in [-0.2, 0) is 0 Å². The van der Waals surface area contributed by atoms with Gasteiger partial charge in [0.15, 0.2) is 0 Å². The average Bonchev–Trinajstić information content (AvgIpc) is 3.09. The largest absolute Gasteiger partial charge is 0.326 e. The third-order valence-electron chi connectivity index (χ3n) is 3.66. The van der Waals surface area contributed by atoms with Crippen molar-refractivity contribution in [3.8, 4) is 16.8 Å². The molecule has 0 bridgehead atoms. The summed E-state index contributed by atoms with van der Waals surface area (Å²) in [5, 5.41) is 11.4. The second kappa shape index (κ2) is 4.95. The van der Waals surface area contributed by atoms with Gasteiger partial charge < -0.3 is 4.57 Å². The lowest BCUT2D eigenvalue weighted by molar-refractivity contribution is 0.292. The number of nitrogens with zero attached hydrogens (tertiary/aromatic N) is 3. The Kier molecular flexibility index (Phi) is 3.16. The van der Waals surface area contributed by atoms with Crippen LogP contribution in [0.25, 0.3) is 10.7 Å². The fourth-order valence-corrected chi connectivity index (χ4v) is 3.50. The van der Waals surface area contributed by atoms with Crippen LogP contribution in [0.5, 0.6) is 0 Å². The molecule has 0 aromatic carbocycles. The SMILES string of the molecule is N#CC1CCCCC1n1ccnc1-c1cccs1. The number of rotatable bonds is 2. The van der Waals surface area contributed by atoms with E-state index in [1.165, 1.54) is 17.7 Å². The summed E-state index contributed by atoms with van der Waals surface area (Å²) in [5.41, 5.74) is 0. The molecule has 1 fully saturated rings. The van der Waals surface area contributed by atoms with Crippen LogP contribution in [0, 0.1) is 17.2 Å². The molecule has 4 heteroatoms. The van der Waals surface area contributed by atoms with Crippen LogP contribution in [0.3, 0.4) is 0 Å². The molecule has 2 aromatic heterocycles. The van der Waals surface area contributed by atoms with Crippen molar-refractivity contribution in [3.63, 3.8) is 0 Å². The molecule has 18 heavy (non-hydrogen) atoms. The number of imidazole rings is 1. The van der Waals surface area contributed by atoms with Gasteiger partial charge in [0.1, 0.15) is 5.82 Å². The Morgan fingerprint density at radius 1 is 1.39 bits per heavy atom. The van der Waals surface area contributed by atoms with Crippen molar-refractivity contribution in [2.45, 2.75) is 31.7 Å². The van der Waals surface area contributed by atoms with Gasteiger partial charge in [-0.3, -0.25) is 0 Å². The normalized spacial score (nSPS) is 23.7. The van der Waals surface area contributed by atoms with E-state index in [9.17, 15) is 5.26 Å². The van der Waals surface area contributed by atoms with E-state index in [2.05, 4.69) is 27.1 Å². The first kappa shape index (κ1) is 11.5. The second-order valence-electron chi connectivity index (χ2n) is 4.72. The molecule has 92 valence electrons. The minimum Gasteiger partial charge on any atom is -0.326 e. The van der Waals surface area contributed by atoms with Gasteiger partial charge in [-0.15, -0.1) is 11.3 Å². The smallest absolute Gasteiger partial charge is 0.150 e. The summed E-state index contributed by atoms with van der Waals surface area (Å²) in [6.45, 7) is 0. The van der Waals surface area contributed by atoms with Crippen LogP contribution in [0.15, 0.2) is 29.9 Å². The highest BCUT2D eigenvalue weighted by molar-refractivity contribution is 7.13. The first-order chi connectivity index (χ1) is 8.90. The van der Waals surface area contributed by atoms with Gasteiger partial charge in [0.25, 0.3) is 0 Å². The molecule has 1 saturated carbocycles. The van der Waals surface area contributed by atoms with E-state index in [-0.39, 0.29) is 5.92 Å². The van der Waals surface area contributed by atoms with E-state index < -0.39 is 0 Å². The highest BCUT2D eigenvalue weighted by atomic mass is 32.1. The maximum atomic E-state index is 9.30. The lowest BCUT2D eigenvalue weighted by Crippen LogP contribution is -2.22. The molecule has 0 aliphatic heterocycles. The Balaban J connectivity index is 1.97. The number of hydrogen-bond donors (Lipinski definition) is 0. The van der Waals surface area contributed by atoms with Crippen LogP contribution < -0.4 is 0 Å². The van der Waals surface area contributed by atoms with Gasteiger partial charge in [-0.2, -0.15) is 5.26 Å². The van der Waals surface area contributed by atoms with Gasteiger partial charge in [-0.05, 0) is 24.3 Å². The van der Waals surface area contributed by atoms with Crippen molar-refractivity contribution in [1.29, 1.82) is 5.26 Å². The predicted octanol–water partition coefficient (Wildman–Crippen LogP) is 3.87. The van der Waals surface area contributed by atoms with Gasteiger partial charge in [0.05, 0.1) is 22.9 Å². The lowest BCUT2D eigenvalue weighted by atomic mass is 9.85. The van der Waals surface area contributed by atoms with E-state index in [0.29, 0.717) is 6.04 Å². The zero-order chi connectivity index (χ0) is 12.4. The molecule has 0 radical (unpaired) electrons. The van der Waals surface area contributed by atoms with Crippen LogP contribution in [-0.4, -0.2) is 9.55 Å². The number of aromatic nitrogens is 2. The summed E-state index contributed by atoms with van der Waals surface area (Å²) in [6.07, 6.45) is 8.37. The first-order valence-corrected chi connectivity index (χ1v) is 7.24. The second-order valence-corrected chi connectivity index (χ2v) is 5.67. The number of hydrogen-bond acceptors (Lipinski definition) is 3. The average molecular weight is 257 g/mol. The number of nitriles is 1. The van der Waals surface area contributed by atoms with Gasteiger partial charge >= 0.3 is 0 Å². The molecular formula is C14H15N3S. The molecule has 0 saturated heterocycles.